The molecule has 0 nitrogen and oxygen atoms in total. The average Bonchev–Trinajstić information content (AvgIpc) is 2.65. The third kappa shape index (κ3) is 0.983. The largest absolute Gasteiger partial charge is 0.0836 e. The van der Waals surface area contributed by atoms with Crippen molar-refractivity contribution < 1.29 is 0 Å². The van der Waals surface area contributed by atoms with Crippen LogP contribution >= 0.6 is 0 Å². The van der Waals surface area contributed by atoms with Gasteiger partial charge in [0.2, 0.25) is 0 Å². The van der Waals surface area contributed by atoms with E-state index in [1.807, 2.05) is 0 Å². The van der Waals surface area contributed by atoms with Crippen LogP contribution in [0.15, 0.2) is 24.3 Å². The summed E-state index contributed by atoms with van der Waals surface area (Å²) in [6, 6.07) is 4.49. The van der Waals surface area contributed by atoms with Gasteiger partial charge in [-0.1, -0.05) is 36.4 Å². The van der Waals surface area contributed by atoms with Gasteiger partial charge in [-0.15, -0.1) is 0 Å². The molecule has 0 heterocycles. The van der Waals surface area contributed by atoms with Crippen molar-refractivity contribution in [3.63, 3.8) is 0 Å². The van der Waals surface area contributed by atoms with E-state index in [0.29, 0.717) is 0 Å². The van der Waals surface area contributed by atoms with Crippen LogP contribution in [-0.2, 0) is 12.8 Å². The van der Waals surface area contributed by atoms with Crippen molar-refractivity contribution in [3.8, 4) is 0 Å². The van der Waals surface area contributed by atoms with Crippen molar-refractivity contribution in [1.29, 1.82) is 0 Å². The summed E-state index contributed by atoms with van der Waals surface area (Å²) in [6.07, 6.45) is 12.6. The van der Waals surface area contributed by atoms with E-state index in [1.165, 1.54) is 24.0 Å². The van der Waals surface area contributed by atoms with Crippen LogP contribution in [0.4, 0.5) is 0 Å². The number of hydrogen-bond acceptors (Lipinski definition) is 0. The maximum Gasteiger partial charge on any atom is -0.00852 e. The van der Waals surface area contributed by atoms with Gasteiger partial charge in [0.15, 0.2) is 0 Å². The van der Waals surface area contributed by atoms with E-state index in [9.17, 15) is 0 Å². The van der Waals surface area contributed by atoms with Crippen LogP contribution in [0.3, 0.4) is 0 Å². The fourth-order valence-electron chi connectivity index (χ4n) is 2.32. The Bertz CT molecular complexity index is 408. The Balaban J connectivity index is 2.26. The van der Waals surface area contributed by atoms with Crippen molar-refractivity contribution >= 4 is 12.2 Å². The molecule has 0 atom stereocenters. The van der Waals surface area contributed by atoms with Gasteiger partial charge in [-0.05, 0) is 41.5 Å². The third-order valence-electron chi connectivity index (χ3n) is 2.98. The minimum absolute atomic E-state index is 1.15. The first kappa shape index (κ1) is 7.14. The van der Waals surface area contributed by atoms with Crippen LogP contribution in [0.1, 0.15) is 28.7 Å². The zero-order valence-corrected chi connectivity index (χ0v) is 7.59. The average molecular weight is 168 g/mol. The molecule has 0 unspecified atom stereocenters. The second kappa shape index (κ2) is 2.59. The second-order valence-corrected chi connectivity index (χ2v) is 3.75. The van der Waals surface area contributed by atoms with Crippen LogP contribution in [0.2, 0.25) is 0 Å². The van der Waals surface area contributed by atoms with Crippen LogP contribution < -0.4 is 0 Å². The molecule has 64 valence electrons. The van der Waals surface area contributed by atoms with E-state index in [2.05, 4.69) is 36.4 Å². The van der Waals surface area contributed by atoms with Gasteiger partial charge in [-0.2, -0.15) is 0 Å². The number of fused-ring (bicyclic) bond motifs is 3. The van der Waals surface area contributed by atoms with Gasteiger partial charge in [-0.25, -0.2) is 0 Å². The predicted molar refractivity (Wildman–Crippen MR) is 56.5 cm³/mol. The Hall–Kier alpha value is -1.30. The van der Waals surface area contributed by atoms with E-state index in [-0.39, 0.29) is 0 Å². The number of hydrogen-bond donors (Lipinski definition) is 0. The highest BCUT2D eigenvalue weighted by Gasteiger charge is 2.14. The van der Waals surface area contributed by atoms with Crippen molar-refractivity contribution in [2.45, 2.75) is 19.3 Å². The van der Waals surface area contributed by atoms with Crippen LogP contribution in [0.25, 0.3) is 12.2 Å². The first-order valence-electron chi connectivity index (χ1n) is 4.93. The minimum atomic E-state index is 1.15. The van der Waals surface area contributed by atoms with E-state index in [1.54, 1.807) is 11.1 Å². The lowest BCUT2D eigenvalue weighted by Crippen LogP contribution is -1.99. The van der Waals surface area contributed by atoms with E-state index < -0.39 is 0 Å². The molecule has 2 aliphatic rings. The Kier molecular flexibility index (Phi) is 1.42. The summed E-state index contributed by atoms with van der Waals surface area (Å²) in [4.78, 5) is 0. The highest BCUT2D eigenvalue weighted by Crippen LogP contribution is 2.30. The quantitative estimate of drug-likeness (QED) is 0.558. The van der Waals surface area contributed by atoms with Gasteiger partial charge < -0.3 is 0 Å². The van der Waals surface area contributed by atoms with Crippen molar-refractivity contribution in [1.82, 2.24) is 0 Å². The molecule has 1 aromatic rings. The molecule has 0 amide bonds. The normalized spacial score (nSPS) is 17.2. The highest BCUT2D eigenvalue weighted by atomic mass is 14.2. The number of rotatable bonds is 0. The maximum absolute atomic E-state index is 2.27. The predicted octanol–water partition coefficient (Wildman–Crippen LogP) is 3.22. The molecule has 0 saturated heterocycles. The zero-order valence-electron chi connectivity index (χ0n) is 7.59. The van der Waals surface area contributed by atoms with E-state index in [4.69, 9.17) is 0 Å². The molecule has 0 aliphatic heterocycles. The van der Waals surface area contributed by atoms with E-state index in [0.717, 1.165) is 6.42 Å². The van der Waals surface area contributed by atoms with Gasteiger partial charge in [0.1, 0.15) is 0 Å². The molecule has 0 fully saturated rings. The molecule has 0 spiro atoms. The summed E-state index contributed by atoms with van der Waals surface area (Å²) in [6.45, 7) is 0. The lowest BCUT2D eigenvalue weighted by molar-refractivity contribution is 0.962. The molecule has 0 aromatic heterocycles. The summed E-state index contributed by atoms with van der Waals surface area (Å²) in [7, 11) is 0. The van der Waals surface area contributed by atoms with Crippen LogP contribution in [0, 0.1) is 0 Å². The van der Waals surface area contributed by atoms with Gasteiger partial charge in [-0.3, -0.25) is 0 Å². The lowest BCUT2D eigenvalue weighted by atomic mass is 9.90. The molecule has 0 heteroatoms. The first-order valence-corrected chi connectivity index (χ1v) is 4.93. The van der Waals surface area contributed by atoms with Crippen molar-refractivity contribution in [2.24, 2.45) is 0 Å². The smallest absolute Gasteiger partial charge is 0.00852 e. The highest BCUT2D eigenvalue weighted by molar-refractivity contribution is 5.68. The maximum atomic E-state index is 2.27. The van der Waals surface area contributed by atoms with Crippen molar-refractivity contribution in [2.75, 3.05) is 0 Å². The Morgan fingerprint density at radius 2 is 1.62 bits per heavy atom. The summed E-state index contributed by atoms with van der Waals surface area (Å²) in [5, 5.41) is 0. The standard InChI is InChI=1S/C13H12/c1-2-6-12-10(4-1)8-9-11-5-3-7-13(11)12/h1,3-5,8-9H,2,6-7H2. The molecular weight excluding hydrogens is 156 g/mol. The second-order valence-electron chi connectivity index (χ2n) is 3.75. The first-order chi connectivity index (χ1) is 6.45. The number of allylic oxidation sites excluding steroid dienone is 2. The fourth-order valence-corrected chi connectivity index (χ4v) is 2.32. The summed E-state index contributed by atoms with van der Waals surface area (Å²) in [5.74, 6) is 0. The van der Waals surface area contributed by atoms with Gasteiger partial charge in [0, 0.05) is 0 Å². The van der Waals surface area contributed by atoms with Gasteiger partial charge >= 0.3 is 0 Å². The fraction of sp³-hybridized carbons (Fsp3) is 0.231. The molecule has 3 rings (SSSR count). The van der Waals surface area contributed by atoms with Gasteiger partial charge in [0.25, 0.3) is 0 Å². The summed E-state index contributed by atoms with van der Waals surface area (Å²) >= 11 is 0. The van der Waals surface area contributed by atoms with Crippen LogP contribution in [0.5, 0.6) is 0 Å². The molecule has 2 aliphatic carbocycles. The monoisotopic (exact) mass is 168 g/mol. The molecule has 0 N–H and O–H groups in total. The third-order valence-corrected chi connectivity index (χ3v) is 2.98. The number of benzene rings is 1. The Morgan fingerprint density at radius 3 is 2.54 bits per heavy atom. The summed E-state index contributed by atoms with van der Waals surface area (Å²) in [5.41, 5.74) is 6.04. The topological polar surface area (TPSA) is 0 Å². The summed E-state index contributed by atoms with van der Waals surface area (Å²) < 4.78 is 0. The Labute approximate surface area is 78.6 Å². The minimum Gasteiger partial charge on any atom is -0.0836 e. The van der Waals surface area contributed by atoms with E-state index >= 15 is 0 Å². The molecule has 1 aromatic carbocycles. The molecule has 13 heavy (non-hydrogen) atoms. The van der Waals surface area contributed by atoms with Gasteiger partial charge in [0.05, 0.1) is 0 Å². The molecular formula is C13H12. The molecule has 0 radical (unpaired) electrons. The van der Waals surface area contributed by atoms with Crippen LogP contribution in [-0.4, -0.2) is 0 Å². The molecule has 0 bridgehead atoms. The molecule has 0 saturated carbocycles. The van der Waals surface area contributed by atoms with Crippen molar-refractivity contribution in [3.05, 3.63) is 46.5 Å². The Morgan fingerprint density at radius 1 is 0.846 bits per heavy atom. The SMILES string of the molecule is C1=Cc2ccc3c(c2CC1)CC=C3. The zero-order chi connectivity index (χ0) is 8.67. The lowest BCUT2D eigenvalue weighted by Gasteiger charge is -2.14.